The van der Waals surface area contributed by atoms with Crippen molar-refractivity contribution in [2.75, 3.05) is 13.2 Å². The van der Waals surface area contributed by atoms with Crippen molar-refractivity contribution in [1.29, 1.82) is 0 Å². The Kier molecular flexibility index (Phi) is 5.93. The molecular weight excluding hydrogens is 346 g/mol. The van der Waals surface area contributed by atoms with E-state index in [1.165, 1.54) is 18.3 Å². The Labute approximate surface area is 149 Å². The third kappa shape index (κ3) is 4.67. The molecule has 2 heterocycles. The first-order chi connectivity index (χ1) is 11.8. The molecule has 2 aromatic rings. The fraction of sp³-hybridized carbons (Fsp3) is 0.294. The number of esters is 1. The summed E-state index contributed by atoms with van der Waals surface area (Å²) < 4.78 is 6.80. The molecule has 0 aromatic carbocycles. The zero-order chi connectivity index (χ0) is 18.6. The molecule has 0 aliphatic heterocycles. The number of rotatable bonds is 6. The number of nitrogens with zero attached hydrogens (tertiary/aromatic N) is 2. The summed E-state index contributed by atoms with van der Waals surface area (Å²) in [5, 5.41) is 2.73. The first kappa shape index (κ1) is 18.7. The van der Waals surface area contributed by atoms with Crippen molar-refractivity contribution in [3.05, 3.63) is 52.1 Å². The number of aryl methyl sites for hydroxylation is 1. The third-order valence-electron chi connectivity index (χ3n) is 3.79. The molecule has 0 unspecified atom stereocenters. The number of amides is 1. The minimum atomic E-state index is -0.714. The van der Waals surface area contributed by atoms with E-state index in [9.17, 15) is 14.4 Å². The van der Waals surface area contributed by atoms with Crippen LogP contribution in [0.5, 0.6) is 0 Å². The zero-order valence-electron chi connectivity index (χ0n) is 14.1. The average molecular weight is 364 g/mol. The van der Waals surface area contributed by atoms with Crippen LogP contribution in [-0.4, -0.2) is 40.4 Å². The lowest BCUT2D eigenvalue weighted by molar-refractivity contribution is -0.141. The van der Waals surface area contributed by atoms with Gasteiger partial charge in [0, 0.05) is 35.2 Å². The summed E-state index contributed by atoms with van der Waals surface area (Å²) in [6.45, 7) is 2.96. The van der Waals surface area contributed by atoms with Gasteiger partial charge in [-0.15, -0.1) is 0 Å². The Morgan fingerprint density at radius 1 is 1.28 bits per heavy atom. The van der Waals surface area contributed by atoms with Gasteiger partial charge in [-0.1, -0.05) is 11.6 Å². The fourth-order valence-corrected chi connectivity index (χ4v) is 2.34. The second-order valence-electron chi connectivity index (χ2n) is 5.47. The van der Waals surface area contributed by atoms with E-state index in [0.29, 0.717) is 10.6 Å². The number of ketones is 1. The summed E-state index contributed by atoms with van der Waals surface area (Å²) in [6.07, 6.45) is 1.39. The molecule has 1 amide bonds. The highest BCUT2D eigenvalue weighted by atomic mass is 35.5. The topological polar surface area (TPSA) is 90.3 Å². The van der Waals surface area contributed by atoms with E-state index >= 15 is 0 Å². The van der Waals surface area contributed by atoms with E-state index in [1.807, 2.05) is 25.5 Å². The number of pyridine rings is 1. The van der Waals surface area contributed by atoms with Crippen molar-refractivity contribution in [3.8, 4) is 0 Å². The number of carbonyl (C=O) groups is 3. The summed E-state index contributed by atoms with van der Waals surface area (Å²) >= 11 is 5.77. The Morgan fingerprint density at radius 3 is 2.60 bits per heavy atom. The number of aromatic nitrogens is 2. The van der Waals surface area contributed by atoms with Crippen LogP contribution < -0.4 is 5.32 Å². The van der Waals surface area contributed by atoms with Gasteiger partial charge in [0.15, 0.2) is 6.61 Å². The van der Waals surface area contributed by atoms with Crippen molar-refractivity contribution in [3.63, 3.8) is 0 Å². The highest BCUT2D eigenvalue weighted by Gasteiger charge is 2.16. The summed E-state index contributed by atoms with van der Waals surface area (Å²) in [5.74, 6) is -1.56. The molecule has 0 fully saturated rings. The number of hydrogen-bond donors (Lipinski definition) is 1. The lowest BCUT2D eigenvalue weighted by atomic mass is 10.1. The van der Waals surface area contributed by atoms with Crippen molar-refractivity contribution in [2.24, 2.45) is 7.05 Å². The van der Waals surface area contributed by atoms with Crippen LogP contribution in [0.4, 0.5) is 0 Å². The normalized spacial score (nSPS) is 10.4. The van der Waals surface area contributed by atoms with Crippen LogP contribution in [-0.2, 0) is 16.6 Å². The maximum atomic E-state index is 12.1. The van der Waals surface area contributed by atoms with Crippen molar-refractivity contribution < 1.29 is 19.1 Å². The monoisotopic (exact) mass is 363 g/mol. The number of halogens is 1. The molecule has 0 radical (unpaired) electrons. The van der Waals surface area contributed by atoms with Crippen molar-refractivity contribution in [2.45, 2.75) is 13.8 Å². The van der Waals surface area contributed by atoms with Gasteiger partial charge < -0.3 is 14.6 Å². The number of carbonyl (C=O) groups excluding carboxylic acids is 3. The summed E-state index contributed by atoms with van der Waals surface area (Å²) in [5.41, 5.74) is 2.35. The lowest BCUT2D eigenvalue weighted by Gasteiger charge is -2.06. The maximum absolute atomic E-state index is 12.1. The number of nitrogens with one attached hydrogen (secondary N) is 1. The van der Waals surface area contributed by atoms with Crippen LogP contribution in [0, 0.1) is 13.8 Å². The lowest BCUT2D eigenvalue weighted by Crippen LogP contribution is -2.32. The third-order valence-corrected chi connectivity index (χ3v) is 4.02. The molecule has 25 heavy (non-hydrogen) atoms. The number of Topliss-reactive ketones (excluding diaryl/α,β-unsaturated/α-hetero) is 1. The molecular formula is C17H18ClN3O4. The van der Waals surface area contributed by atoms with Gasteiger partial charge in [-0.2, -0.15) is 0 Å². The predicted molar refractivity (Wildman–Crippen MR) is 91.8 cm³/mol. The molecule has 0 bridgehead atoms. The van der Waals surface area contributed by atoms with E-state index < -0.39 is 11.9 Å². The zero-order valence-corrected chi connectivity index (χ0v) is 14.9. The molecule has 0 aliphatic rings. The molecule has 0 atom stereocenters. The quantitative estimate of drug-likeness (QED) is 0.624. The summed E-state index contributed by atoms with van der Waals surface area (Å²) in [7, 11) is 1.85. The SMILES string of the molecule is Cc1cc(C(=O)COC(=O)CNC(=O)c2cc(Cl)ccn2)c(C)n1C. The molecule has 1 N–H and O–H groups in total. The molecule has 2 aromatic heterocycles. The molecule has 7 nitrogen and oxygen atoms in total. The van der Waals surface area contributed by atoms with Gasteiger partial charge in [0.2, 0.25) is 5.78 Å². The van der Waals surface area contributed by atoms with Crippen LogP contribution in [0.1, 0.15) is 32.2 Å². The first-order valence-corrected chi connectivity index (χ1v) is 7.89. The number of hydrogen-bond acceptors (Lipinski definition) is 5. The Hall–Kier alpha value is -2.67. The van der Waals surface area contributed by atoms with Gasteiger partial charge in [-0.25, -0.2) is 0 Å². The van der Waals surface area contributed by atoms with Gasteiger partial charge in [0.1, 0.15) is 12.2 Å². The van der Waals surface area contributed by atoms with Crippen molar-refractivity contribution in [1.82, 2.24) is 14.9 Å². The maximum Gasteiger partial charge on any atom is 0.325 e. The van der Waals surface area contributed by atoms with Crippen LogP contribution in [0.3, 0.4) is 0 Å². The van der Waals surface area contributed by atoms with E-state index in [1.54, 1.807) is 6.07 Å². The molecule has 2 rings (SSSR count). The highest BCUT2D eigenvalue weighted by molar-refractivity contribution is 6.30. The Bertz CT molecular complexity index is 829. The molecule has 132 valence electrons. The van der Waals surface area contributed by atoms with Crippen LogP contribution in [0.2, 0.25) is 5.02 Å². The predicted octanol–water partition coefficient (Wildman–Crippen LogP) is 1.85. The van der Waals surface area contributed by atoms with Gasteiger partial charge in [0.05, 0.1) is 0 Å². The van der Waals surface area contributed by atoms with Crippen molar-refractivity contribution >= 4 is 29.3 Å². The van der Waals surface area contributed by atoms with Crippen LogP contribution >= 0.6 is 11.6 Å². The van der Waals surface area contributed by atoms with E-state index in [2.05, 4.69) is 10.3 Å². The van der Waals surface area contributed by atoms with Gasteiger partial charge in [-0.05, 0) is 32.0 Å². The average Bonchev–Trinajstić information content (AvgIpc) is 2.85. The number of ether oxygens (including phenoxy) is 1. The minimum Gasteiger partial charge on any atom is -0.456 e. The van der Waals surface area contributed by atoms with E-state index in [0.717, 1.165) is 11.4 Å². The Balaban J connectivity index is 1.83. The smallest absolute Gasteiger partial charge is 0.325 e. The largest absolute Gasteiger partial charge is 0.456 e. The summed E-state index contributed by atoms with van der Waals surface area (Å²) in [4.78, 5) is 39.5. The standard InChI is InChI=1S/C17H18ClN3O4/c1-10-6-13(11(2)21(10)3)15(22)9-25-16(23)8-20-17(24)14-7-12(18)4-5-19-14/h4-7H,8-9H2,1-3H3,(H,20,24). The van der Waals surface area contributed by atoms with Crippen LogP contribution in [0.25, 0.3) is 0 Å². The van der Waals surface area contributed by atoms with Crippen LogP contribution in [0.15, 0.2) is 24.4 Å². The minimum absolute atomic E-state index is 0.0896. The van der Waals surface area contributed by atoms with Gasteiger partial charge >= 0.3 is 5.97 Å². The molecule has 8 heteroatoms. The van der Waals surface area contributed by atoms with E-state index in [4.69, 9.17) is 16.3 Å². The van der Waals surface area contributed by atoms with Gasteiger partial charge in [-0.3, -0.25) is 19.4 Å². The molecule has 0 saturated carbocycles. The fourth-order valence-electron chi connectivity index (χ4n) is 2.18. The molecule has 0 spiro atoms. The van der Waals surface area contributed by atoms with Gasteiger partial charge in [0.25, 0.3) is 5.91 Å². The highest BCUT2D eigenvalue weighted by Crippen LogP contribution is 2.14. The second kappa shape index (κ2) is 7.94. The van der Waals surface area contributed by atoms with E-state index in [-0.39, 0.29) is 24.6 Å². The second-order valence-corrected chi connectivity index (χ2v) is 5.91. The molecule has 0 aliphatic carbocycles. The molecule has 0 saturated heterocycles. The first-order valence-electron chi connectivity index (χ1n) is 7.51. The summed E-state index contributed by atoms with van der Waals surface area (Å²) in [6, 6.07) is 4.66. The Morgan fingerprint density at radius 2 is 2.00 bits per heavy atom.